The van der Waals surface area contributed by atoms with Crippen LogP contribution in [0.25, 0.3) is 0 Å². The van der Waals surface area contributed by atoms with Gasteiger partial charge in [0.05, 0.1) is 10.9 Å². The van der Waals surface area contributed by atoms with E-state index >= 15 is 0 Å². The molecule has 94 valence electrons. The summed E-state index contributed by atoms with van der Waals surface area (Å²) in [5.74, 6) is 0.534. The van der Waals surface area contributed by atoms with Crippen molar-refractivity contribution >= 4 is 23.2 Å². The van der Waals surface area contributed by atoms with E-state index in [1.54, 1.807) is 24.3 Å². The highest BCUT2D eigenvalue weighted by molar-refractivity contribution is 6.32. The van der Waals surface area contributed by atoms with Crippen LogP contribution in [0.15, 0.2) is 36.4 Å². The van der Waals surface area contributed by atoms with E-state index < -0.39 is 0 Å². The van der Waals surface area contributed by atoms with Crippen LogP contribution in [0.3, 0.4) is 0 Å². The van der Waals surface area contributed by atoms with Crippen molar-refractivity contribution in [2.45, 2.75) is 12.8 Å². The molecule has 0 aliphatic rings. The zero-order valence-electron chi connectivity index (χ0n) is 9.71. The normalized spacial score (nSPS) is 10.4. The molecule has 0 fully saturated rings. The molecule has 0 aliphatic heterocycles. The summed E-state index contributed by atoms with van der Waals surface area (Å²) in [5, 5.41) is 0.486. The Morgan fingerprint density at radius 3 is 2.61 bits per heavy atom. The maximum atomic E-state index is 13.5. The smallest absolute Gasteiger partial charge is 0.146 e. The summed E-state index contributed by atoms with van der Waals surface area (Å²) in [6.45, 7) is 1.93. The summed E-state index contributed by atoms with van der Waals surface area (Å²) < 4.78 is 19.1. The number of hydrogen-bond donors (Lipinski definition) is 0. The third-order valence-electron chi connectivity index (χ3n) is 2.52. The Bertz CT molecular complexity index is 570. The zero-order valence-corrected chi connectivity index (χ0v) is 11.2. The first-order valence-corrected chi connectivity index (χ1v) is 6.30. The van der Waals surface area contributed by atoms with Gasteiger partial charge in [0.15, 0.2) is 0 Å². The predicted molar refractivity (Wildman–Crippen MR) is 72.2 cm³/mol. The molecule has 0 aliphatic carbocycles. The SMILES string of the molecule is Cc1ccc(Oc2cccc(F)c2CCl)c(Cl)c1. The lowest BCUT2D eigenvalue weighted by Crippen LogP contribution is -1.93. The Morgan fingerprint density at radius 2 is 1.94 bits per heavy atom. The number of benzene rings is 2. The molecule has 0 heterocycles. The van der Waals surface area contributed by atoms with Gasteiger partial charge in [0.25, 0.3) is 0 Å². The van der Waals surface area contributed by atoms with Gasteiger partial charge in [-0.05, 0) is 36.8 Å². The van der Waals surface area contributed by atoms with Crippen molar-refractivity contribution in [1.82, 2.24) is 0 Å². The molecule has 0 unspecified atom stereocenters. The maximum absolute atomic E-state index is 13.5. The molecule has 0 aromatic heterocycles. The Balaban J connectivity index is 2.37. The molecule has 0 bridgehead atoms. The lowest BCUT2D eigenvalue weighted by molar-refractivity contribution is 0.470. The van der Waals surface area contributed by atoms with Gasteiger partial charge in [0, 0.05) is 5.56 Å². The maximum Gasteiger partial charge on any atom is 0.146 e. The molecule has 2 rings (SSSR count). The number of halogens is 3. The van der Waals surface area contributed by atoms with E-state index in [0.717, 1.165) is 5.56 Å². The van der Waals surface area contributed by atoms with Crippen molar-refractivity contribution in [2.75, 3.05) is 0 Å². The van der Waals surface area contributed by atoms with Gasteiger partial charge in [-0.1, -0.05) is 23.7 Å². The second-order valence-electron chi connectivity index (χ2n) is 3.89. The van der Waals surface area contributed by atoms with Gasteiger partial charge in [-0.3, -0.25) is 0 Å². The van der Waals surface area contributed by atoms with E-state index in [1.165, 1.54) is 6.07 Å². The molecule has 0 spiro atoms. The van der Waals surface area contributed by atoms with Crippen LogP contribution in [0.5, 0.6) is 11.5 Å². The van der Waals surface area contributed by atoms with Crippen LogP contribution >= 0.6 is 23.2 Å². The Hall–Kier alpha value is -1.25. The lowest BCUT2D eigenvalue weighted by atomic mass is 10.2. The molecule has 0 atom stereocenters. The van der Waals surface area contributed by atoms with Gasteiger partial charge >= 0.3 is 0 Å². The van der Waals surface area contributed by atoms with E-state index in [1.807, 2.05) is 13.0 Å². The molecular weight excluding hydrogens is 274 g/mol. The van der Waals surface area contributed by atoms with Crippen molar-refractivity contribution in [2.24, 2.45) is 0 Å². The van der Waals surface area contributed by atoms with Gasteiger partial charge in [-0.25, -0.2) is 4.39 Å². The van der Waals surface area contributed by atoms with Crippen molar-refractivity contribution < 1.29 is 9.13 Å². The summed E-state index contributed by atoms with van der Waals surface area (Å²) in [7, 11) is 0. The lowest BCUT2D eigenvalue weighted by Gasteiger charge is -2.11. The highest BCUT2D eigenvalue weighted by atomic mass is 35.5. The standard InChI is InChI=1S/C14H11Cl2FO/c1-9-5-6-14(11(16)7-9)18-13-4-2-3-12(17)10(13)8-15/h2-7H,8H2,1H3. The third-order valence-corrected chi connectivity index (χ3v) is 3.08. The fourth-order valence-corrected chi connectivity index (χ4v) is 2.10. The Labute approximate surface area is 115 Å². The van der Waals surface area contributed by atoms with Gasteiger partial charge < -0.3 is 4.74 Å². The number of aryl methyl sites for hydroxylation is 1. The Kier molecular flexibility index (Phi) is 4.10. The van der Waals surface area contributed by atoms with Gasteiger partial charge in [-0.2, -0.15) is 0 Å². The second kappa shape index (κ2) is 5.59. The fraction of sp³-hybridized carbons (Fsp3) is 0.143. The van der Waals surface area contributed by atoms with Gasteiger partial charge in [-0.15, -0.1) is 11.6 Å². The highest BCUT2D eigenvalue weighted by Crippen LogP contribution is 2.33. The van der Waals surface area contributed by atoms with Crippen LogP contribution in [-0.4, -0.2) is 0 Å². The number of ether oxygens (including phenoxy) is 1. The second-order valence-corrected chi connectivity index (χ2v) is 4.56. The first-order chi connectivity index (χ1) is 8.61. The van der Waals surface area contributed by atoms with E-state index in [9.17, 15) is 4.39 Å². The topological polar surface area (TPSA) is 9.23 Å². The molecule has 4 heteroatoms. The van der Waals surface area contributed by atoms with Crippen LogP contribution in [-0.2, 0) is 5.88 Å². The first-order valence-electron chi connectivity index (χ1n) is 5.39. The van der Waals surface area contributed by atoms with E-state index in [4.69, 9.17) is 27.9 Å². The molecule has 0 saturated heterocycles. The average molecular weight is 285 g/mol. The molecule has 2 aromatic carbocycles. The molecule has 2 aromatic rings. The van der Waals surface area contributed by atoms with Crippen molar-refractivity contribution in [3.05, 3.63) is 58.4 Å². The number of hydrogen-bond acceptors (Lipinski definition) is 1. The highest BCUT2D eigenvalue weighted by Gasteiger charge is 2.11. The van der Waals surface area contributed by atoms with Gasteiger partial charge in [0.2, 0.25) is 0 Å². The molecule has 1 nitrogen and oxygen atoms in total. The Morgan fingerprint density at radius 1 is 1.17 bits per heavy atom. The van der Waals surface area contributed by atoms with Crippen LogP contribution < -0.4 is 4.74 Å². The third kappa shape index (κ3) is 2.77. The first kappa shape index (κ1) is 13.2. The van der Waals surface area contributed by atoms with Crippen LogP contribution in [0.1, 0.15) is 11.1 Å². The molecular formula is C14H11Cl2FO. The summed E-state index contributed by atoms with van der Waals surface area (Å²) in [6.07, 6.45) is 0. The van der Waals surface area contributed by atoms with Crippen molar-refractivity contribution in [1.29, 1.82) is 0 Å². The minimum absolute atomic E-state index is 0.0471. The molecule has 0 N–H and O–H groups in total. The summed E-state index contributed by atoms with van der Waals surface area (Å²) in [5.41, 5.74) is 1.36. The largest absolute Gasteiger partial charge is 0.455 e. The minimum atomic E-state index is -0.384. The monoisotopic (exact) mass is 284 g/mol. The summed E-state index contributed by atoms with van der Waals surface area (Å²) in [6, 6.07) is 10.00. The summed E-state index contributed by atoms with van der Waals surface area (Å²) in [4.78, 5) is 0. The van der Waals surface area contributed by atoms with Crippen LogP contribution in [0.4, 0.5) is 4.39 Å². The van der Waals surface area contributed by atoms with Crippen molar-refractivity contribution in [3.63, 3.8) is 0 Å². The van der Waals surface area contributed by atoms with Gasteiger partial charge in [0.1, 0.15) is 17.3 Å². The molecule has 18 heavy (non-hydrogen) atoms. The zero-order chi connectivity index (χ0) is 13.1. The predicted octanol–water partition coefficient (Wildman–Crippen LogP) is 5.32. The van der Waals surface area contributed by atoms with Crippen molar-refractivity contribution in [3.8, 4) is 11.5 Å². The van der Waals surface area contributed by atoms with E-state index in [0.29, 0.717) is 22.1 Å². The van der Waals surface area contributed by atoms with E-state index in [-0.39, 0.29) is 11.7 Å². The molecule has 0 radical (unpaired) electrons. The molecule has 0 amide bonds. The van der Waals surface area contributed by atoms with Crippen LogP contribution in [0.2, 0.25) is 5.02 Å². The van der Waals surface area contributed by atoms with E-state index in [2.05, 4.69) is 0 Å². The molecule has 0 saturated carbocycles. The van der Waals surface area contributed by atoms with Crippen LogP contribution in [0, 0.1) is 12.7 Å². The number of alkyl halides is 1. The minimum Gasteiger partial charge on any atom is -0.455 e. The fourth-order valence-electron chi connectivity index (χ4n) is 1.57. The summed E-state index contributed by atoms with van der Waals surface area (Å²) >= 11 is 11.8. The quantitative estimate of drug-likeness (QED) is 0.693. The average Bonchev–Trinajstić information content (AvgIpc) is 2.33. The number of rotatable bonds is 3.